The maximum absolute atomic E-state index is 14.1. The zero-order chi connectivity index (χ0) is 20.2. The Balaban J connectivity index is 1.68. The second kappa shape index (κ2) is 6.22. The first-order valence-corrected chi connectivity index (χ1v) is 9.00. The first kappa shape index (κ1) is 17.5. The zero-order valence-corrected chi connectivity index (χ0v) is 15.1. The van der Waals surface area contributed by atoms with Gasteiger partial charge in [-0.05, 0) is 29.8 Å². The van der Waals surface area contributed by atoms with Crippen LogP contribution in [0.25, 0.3) is 0 Å². The van der Waals surface area contributed by atoms with Crippen molar-refractivity contribution >= 4 is 11.6 Å². The Morgan fingerprint density at radius 1 is 1.00 bits per heavy atom. The number of nitrogens with zero attached hydrogens (tertiary/aromatic N) is 1. The van der Waals surface area contributed by atoms with Crippen molar-refractivity contribution < 1.29 is 28.9 Å². The third-order valence-corrected chi connectivity index (χ3v) is 5.26. The summed E-state index contributed by atoms with van der Waals surface area (Å²) >= 11 is 0. The van der Waals surface area contributed by atoms with Crippen LogP contribution in [0, 0.1) is 5.82 Å². The highest BCUT2D eigenvalue weighted by Crippen LogP contribution is 2.50. The molecule has 0 radical (unpaired) electrons. The summed E-state index contributed by atoms with van der Waals surface area (Å²) in [5.41, 5.74) is -1.08. The number of benzene rings is 3. The van der Waals surface area contributed by atoms with E-state index in [1.807, 2.05) is 30.3 Å². The number of aromatic hydroxyl groups is 1. The second-order valence-electron chi connectivity index (χ2n) is 6.97. The van der Waals surface area contributed by atoms with Gasteiger partial charge in [0.2, 0.25) is 12.4 Å². The molecule has 1 amide bonds. The van der Waals surface area contributed by atoms with Crippen LogP contribution in [0.5, 0.6) is 17.2 Å². The van der Waals surface area contributed by atoms with Gasteiger partial charge in [0, 0.05) is 17.2 Å². The summed E-state index contributed by atoms with van der Waals surface area (Å²) in [5.74, 6) is -1.03. The Hall–Kier alpha value is -3.58. The van der Waals surface area contributed by atoms with Crippen LogP contribution in [0.4, 0.5) is 10.1 Å². The van der Waals surface area contributed by atoms with Crippen molar-refractivity contribution in [3.63, 3.8) is 0 Å². The number of halogens is 1. The number of hydrogen-bond donors (Lipinski definition) is 2. The van der Waals surface area contributed by atoms with Gasteiger partial charge in [0.15, 0.2) is 11.5 Å². The predicted molar refractivity (Wildman–Crippen MR) is 101 cm³/mol. The second-order valence-corrected chi connectivity index (χ2v) is 6.97. The fraction of sp³-hybridized carbons (Fsp3) is 0.136. The molecule has 2 aliphatic rings. The highest BCUT2D eigenvalue weighted by Gasteiger charge is 2.53. The fourth-order valence-corrected chi connectivity index (χ4v) is 3.86. The molecular weight excluding hydrogens is 377 g/mol. The molecule has 0 aliphatic carbocycles. The van der Waals surface area contributed by atoms with Crippen molar-refractivity contribution in [3.8, 4) is 17.2 Å². The van der Waals surface area contributed by atoms with Gasteiger partial charge in [-0.2, -0.15) is 0 Å². The number of carbonyl (C=O) groups excluding carboxylic acids is 1. The molecule has 6 nitrogen and oxygen atoms in total. The molecule has 2 N–H and O–H groups in total. The Bertz CT molecular complexity index is 1130. The highest BCUT2D eigenvalue weighted by atomic mass is 19.1. The molecule has 29 heavy (non-hydrogen) atoms. The molecular formula is C22H16FNO5. The first-order chi connectivity index (χ1) is 14.0. The molecule has 0 saturated heterocycles. The lowest BCUT2D eigenvalue weighted by molar-refractivity contribution is -0.132. The molecule has 146 valence electrons. The molecule has 5 rings (SSSR count). The van der Waals surface area contributed by atoms with Gasteiger partial charge in [-0.15, -0.1) is 0 Å². The molecule has 0 aromatic heterocycles. The molecule has 0 fully saturated rings. The maximum Gasteiger partial charge on any atom is 0.268 e. The number of fused-ring (bicyclic) bond motifs is 2. The van der Waals surface area contributed by atoms with E-state index in [1.165, 1.54) is 29.2 Å². The topological polar surface area (TPSA) is 79.2 Å². The van der Waals surface area contributed by atoms with Crippen LogP contribution in [0.2, 0.25) is 0 Å². The summed E-state index contributed by atoms with van der Waals surface area (Å²) in [6, 6.07) is 15.7. The van der Waals surface area contributed by atoms with Crippen LogP contribution in [0.15, 0.2) is 60.7 Å². The summed E-state index contributed by atoms with van der Waals surface area (Å²) in [6.45, 7) is 0.155. The minimum Gasteiger partial charge on any atom is -0.507 e. The zero-order valence-electron chi connectivity index (χ0n) is 15.1. The fourth-order valence-electron chi connectivity index (χ4n) is 3.86. The molecule has 3 aromatic rings. The molecule has 0 saturated carbocycles. The number of amides is 1. The van der Waals surface area contributed by atoms with Crippen molar-refractivity contribution in [2.75, 3.05) is 11.7 Å². The van der Waals surface area contributed by atoms with Crippen molar-refractivity contribution in [2.45, 2.75) is 12.1 Å². The van der Waals surface area contributed by atoms with E-state index in [9.17, 15) is 19.4 Å². The smallest absolute Gasteiger partial charge is 0.268 e. The molecule has 3 aromatic carbocycles. The number of carbonyl (C=O) groups is 1. The number of phenolic OH excluding ortho intramolecular Hbond substituents is 1. The third-order valence-electron chi connectivity index (χ3n) is 5.26. The predicted octanol–water partition coefficient (Wildman–Crippen LogP) is 3.04. The van der Waals surface area contributed by atoms with E-state index in [-0.39, 0.29) is 30.2 Å². The van der Waals surface area contributed by atoms with E-state index < -0.39 is 17.3 Å². The molecule has 0 bridgehead atoms. The van der Waals surface area contributed by atoms with Gasteiger partial charge in [-0.25, -0.2) is 4.39 Å². The Kier molecular flexibility index (Phi) is 3.75. The number of aliphatic hydroxyl groups is 1. The Morgan fingerprint density at radius 3 is 2.48 bits per heavy atom. The summed E-state index contributed by atoms with van der Waals surface area (Å²) in [4.78, 5) is 14.8. The van der Waals surface area contributed by atoms with Crippen LogP contribution < -0.4 is 14.4 Å². The quantitative estimate of drug-likeness (QED) is 0.715. The van der Waals surface area contributed by atoms with Crippen LogP contribution in [-0.2, 0) is 16.9 Å². The number of phenols is 1. The van der Waals surface area contributed by atoms with Crippen LogP contribution in [-0.4, -0.2) is 22.9 Å². The van der Waals surface area contributed by atoms with E-state index in [0.717, 1.165) is 11.6 Å². The monoisotopic (exact) mass is 393 g/mol. The lowest BCUT2D eigenvalue weighted by atomic mass is 9.86. The lowest BCUT2D eigenvalue weighted by Gasteiger charge is -2.24. The average Bonchev–Trinajstić information content (AvgIpc) is 3.25. The summed E-state index contributed by atoms with van der Waals surface area (Å²) in [7, 11) is 0. The first-order valence-electron chi connectivity index (χ1n) is 9.00. The third kappa shape index (κ3) is 2.55. The van der Waals surface area contributed by atoms with Crippen molar-refractivity contribution in [3.05, 3.63) is 83.2 Å². The van der Waals surface area contributed by atoms with Crippen LogP contribution in [0.1, 0.15) is 16.7 Å². The van der Waals surface area contributed by atoms with Crippen molar-refractivity contribution in [2.24, 2.45) is 0 Å². The van der Waals surface area contributed by atoms with E-state index in [0.29, 0.717) is 17.2 Å². The Morgan fingerprint density at radius 2 is 1.72 bits per heavy atom. The molecule has 1 atom stereocenters. The van der Waals surface area contributed by atoms with Gasteiger partial charge in [0.25, 0.3) is 5.91 Å². The van der Waals surface area contributed by atoms with Gasteiger partial charge in [-0.1, -0.05) is 30.3 Å². The van der Waals surface area contributed by atoms with Gasteiger partial charge >= 0.3 is 0 Å². The summed E-state index contributed by atoms with van der Waals surface area (Å²) < 4.78 is 24.6. The minimum atomic E-state index is -2.27. The highest BCUT2D eigenvalue weighted by molar-refractivity contribution is 6.09. The SMILES string of the molecule is O=C1N(Cc2ccccc2)c2ccc(F)cc2[C@@]1(O)c1cc2c(cc1O)OCO2. The van der Waals surface area contributed by atoms with Gasteiger partial charge in [-0.3, -0.25) is 4.79 Å². The van der Waals surface area contributed by atoms with Crippen LogP contribution >= 0.6 is 0 Å². The Labute approximate surface area is 165 Å². The number of hydrogen-bond acceptors (Lipinski definition) is 5. The molecule has 2 aliphatic heterocycles. The number of rotatable bonds is 3. The average molecular weight is 393 g/mol. The van der Waals surface area contributed by atoms with Gasteiger partial charge < -0.3 is 24.6 Å². The molecule has 7 heteroatoms. The van der Waals surface area contributed by atoms with E-state index >= 15 is 0 Å². The largest absolute Gasteiger partial charge is 0.507 e. The number of ether oxygens (including phenoxy) is 2. The summed E-state index contributed by atoms with van der Waals surface area (Å²) in [6.07, 6.45) is 0. The minimum absolute atomic E-state index is 0.0318. The van der Waals surface area contributed by atoms with Gasteiger partial charge in [0.1, 0.15) is 11.6 Å². The van der Waals surface area contributed by atoms with Gasteiger partial charge in [0.05, 0.1) is 12.2 Å². The maximum atomic E-state index is 14.1. The van der Waals surface area contributed by atoms with Crippen molar-refractivity contribution in [1.29, 1.82) is 0 Å². The normalized spacial score (nSPS) is 19.5. The standard InChI is InChI=1S/C22H16FNO5/c23-14-6-7-17-15(8-14)22(27,16-9-19-20(10-18(16)25)29-12-28-19)21(26)24(17)11-13-4-2-1-3-5-13/h1-10,25,27H,11-12H2/t22-/m1/s1. The number of anilines is 1. The van der Waals surface area contributed by atoms with Crippen LogP contribution in [0.3, 0.4) is 0 Å². The molecule has 0 unspecified atom stereocenters. The summed E-state index contributed by atoms with van der Waals surface area (Å²) in [5, 5.41) is 22.1. The molecule has 0 spiro atoms. The van der Waals surface area contributed by atoms with E-state index in [4.69, 9.17) is 9.47 Å². The molecule has 2 heterocycles. The lowest BCUT2D eigenvalue weighted by Crippen LogP contribution is -2.41. The van der Waals surface area contributed by atoms with E-state index in [1.54, 1.807) is 0 Å². The van der Waals surface area contributed by atoms with Crippen molar-refractivity contribution in [1.82, 2.24) is 0 Å². The van der Waals surface area contributed by atoms with E-state index in [2.05, 4.69) is 0 Å².